The molecule has 0 fully saturated rings. The number of hydrogen-bond donors (Lipinski definition) is 4. The molecule has 7 heteroatoms. The molecular weight excluding hydrogens is 398 g/mol. The maximum atomic E-state index is 10.5. The van der Waals surface area contributed by atoms with Crippen molar-refractivity contribution in [3.05, 3.63) is 72.1 Å². The number of rotatable bonds is 4. The number of H-pyrrole nitrogens is 2. The van der Waals surface area contributed by atoms with Gasteiger partial charge in [-0.05, 0) is 23.3 Å². The number of aromatic nitrogens is 2. The zero-order valence-electron chi connectivity index (χ0n) is 14.6. The van der Waals surface area contributed by atoms with E-state index in [1.807, 2.05) is 48.5 Å². The van der Waals surface area contributed by atoms with E-state index >= 15 is 0 Å². The van der Waals surface area contributed by atoms with Gasteiger partial charge in [0, 0.05) is 53.7 Å². The Morgan fingerprint density at radius 2 is 1.07 bits per heavy atom. The van der Waals surface area contributed by atoms with Crippen LogP contribution in [0.25, 0.3) is 21.8 Å². The van der Waals surface area contributed by atoms with E-state index in [1.165, 1.54) is 0 Å². The van der Waals surface area contributed by atoms with Gasteiger partial charge in [0.2, 0.25) is 0 Å². The quantitative estimate of drug-likeness (QED) is 0.382. The molecule has 2 heterocycles. The summed E-state index contributed by atoms with van der Waals surface area (Å²) in [6.45, 7) is 0. The minimum atomic E-state index is -0.801. The average Bonchev–Trinajstić information content (AvgIpc) is 3.20. The molecule has 0 spiro atoms. The van der Waals surface area contributed by atoms with Crippen molar-refractivity contribution in [1.29, 1.82) is 0 Å². The van der Waals surface area contributed by atoms with Gasteiger partial charge in [0.05, 0.1) is 12.8 Å². The normalized spacial score (nSPS) is 10.1. The number of carboxylic acid groups (broad SMARTS) is 2. The second-order valence-electron chi connectivity index (χ2n) is 5.86. The standard InChI is InChI=1S/2C10H9NO2.Zn/c2*12-10(13)5-7-6-11-9-4-2-1-3-8(7)9;/h2*1-4,6,11H,5H2,(H,12,13);. The zero-order valence-corrected chi connectivity index (χ0v) is 17.6. The summed E-state index contributed by atoms with van der Waals surface area (Å²) in [6, 6.07) is 15.4. The van der Waals surface area contributed by atoms with Gasteiger partial charge in [0.15, 0.2) is 0 Å². The first-order chi connectivity index (χ1) is 12.5. The first kappa shape index (κ1) is 20.4. The molecule has 0 amide bonds. The first-order valence-corrected chi connectivity index (χ1v) is 8.08. The summed E-state index contributed by atoms with van der Waals surface area (Å²) >= 11 is 0. The Morgan fingerprint density at radius 1 is 0.704 bits per heavy atom. The number of para-hydroxylation sites is 2. The van der Waals surface area contributed by atoms with Crippen LogP contribution >= 0.6 is 0 Å². The third kappa shape index (κ3) is 5.05. The predicted octanol–water partition coefficient (Wildman–Crippen LogP) is 3.59. The van der Waals surface area contributed by atoms with E-state index in [2.05, 4.69) is 9.97 Å². The molecule has 6 nitrogen and oxygen atoms in total. The Labute approximate surface area is 168 Å². The minimum Gasteiger partial charge on any atom is -0.481 e. The molecule has 134 valence electrons. The molecule has 0 saturated heterocycles. The van der Waals surface area contributed by atoms with Crippen LogP contribution in [0, 0.1) is 0 Å². The summed E-state index contributed by atoms with van der Waals surface area (Å²) in [5.74, 6) is -1.60. The van der Waals surface area contributed by atoms with Crippen molar-refractivity contribution >= 4 is 33.7 Å². The van der Waals surface area contributed by atoms with E-state index in [9.17, 15) is 9.59 Å². The topological polar surface area (TPSA) is 106 Å². The van der Waals surface area contributed by atoms with E-state index in [0.717, 1.165) is 32.9 Å². The second kappa shape index (κ2) is 9.15. The van der Waals surface area contributed by atoms with Crippen LogP contribution in [0.4, 0.5) is 0 Å². The monoisotopic (exact) mass is 414 g/mol. The zero-order chi connectivity index (χ0) is 18.5. The fourth-order valence-electron chi connectivity index (χ4n) is 2.88. The second-order valence-corrected chi connectivity index (χ2v) is 5.86. The molecule has 4 aromatic rings. The van der Waals surface area contributed by atoms with Crippen molar-refractivity contribution in [2.24, 2.45) is 0 Å². The molecule has 0 atom stereocenters. The molecule has 0 saturated carbocycles. The fourth-order valence-corrected chi connectivity index (χ4v) is 2.88. The molecule has 0 aliphatic rings. The molecule has 2 aromatic carbocycles. The third-order valence-electron chi connectivity index (χ3n) is 4.03. The summed E-state index contributed by atoms with van der Waals surface area (Å²) < 4.78 is 0. The van der Waals surface area contributed by atoms with Gasteiger partial charge < -0.3 is 20.2 Å². The van der Waals surface area contributed by atoms with E-state index in [0.29, 0.717) is 0 Å². The Kier molecular flexibility index (Phi) is 6.91. The molecule has 0 aliphatic heterocycles. The van der Waals surface area contributed by atoms with Crippen LogP contribution in [-0.4, -0.2) is 32.1 Å². The van der Waals surface area contributed by atoms with Crippen LogP contribution in [0.3, 0.4) is 0 Å². The van der Waals surface area contributed by atoms with Crippen molar-refractivity contribution in [2.45, 2.75) is 12.8 Å². The van der Waals surface area contributed by atoms with Gasteiger partial charge in [-0.25, -0.2) is 0 Å². The maximum Gasteiger partial charge on any atom is 0.307 e. The predicted molar refractivity (Wildman–Crippen MR) is 99.3 cm³/mol. The molecule has 4 rings (SSSR count). The number of carbonyl (C=O) groups is 2. The molecule has 2 aromatic heterocycles. The fraction of sp³-hybridized carbons (Fsp3) is 0.100. The average molecular weight is 416 g/mol. The summed E-state index contributed by atoms with van der Waals surface area (Å²) in [5.41, 5.74) is 3.64. The minimum absolute atomic E-state index is 0. The van der Waals surface area contributed by atoms with Gasteiger partial charge in [0.25, 0.3) is 0 Å². The maximum absolute atomic E-state index is 10.5. The van der Waals surface area contributed by atoms with E-state index in [-0.39, 0.29) is 32.3 Å². The van der Waals surface area contributed by atoms with E-state index in [4.69, 9.17) is 10.2 Å². The smallest absolute Gasteiger partial charge is 0.307 e. The van der Waals surface area contributed by atoms with Gasteiger partial charge in [-0.1, -0.05) is 36.4 Å². The summed E-state index contributed by atoms with van der Waals surface area (Å²) in [5, 5.41) is 19.2. The molecule has 27 heavy (non-hydrogen) atoms. The van der Waals surface area contributed by atoms with E-state index < -0.39 is 11.9 Å². The van der Waals surface area contributed by atoms with Gasteiger partial charge in [-0.15, -0.1) is 0 Å². The van der Waals surface area contributed by atoms with Crippen LogP contribution in [-0.2, 0) is 41.9 Å². The molecule has 0 radical (unpaired) electrons. The molecular formula is C20H18N2O4Zn. The largest absolute Gasteiger partial charge is 0.481 e. The van der Waals surface area contributed by atoms with Crippen LogP contribution < -0.4 is 0 Å². The number of carboxylic acids is 2. The Morgan fingerprint density at radius 3 is 1.44 bits per heavy atom. The van der Waals surface area contributed by atoms with Crippen molar-refractivity contribution in [3.8, 4) is 0 Å². The van der Waals surface area contributed by atoms with Gasteiger partial charge in [-0.3, -0.25) is 9.59 Å². The molecule has 4 N–H and O–H groups in total. The number of benzene rings is 2. The Bertz CT molecular complexity index is 982. The third-order valence-corrected chi connectivity index (χ3v) is 4.03. The van der Waals surface area contributed by atoms with Crippen molar-refractivity contribution in [3.63, 3.8) is 0 Å². The van der Waals surface area contributed by atoms with Crippen LogP contribution in [0.15, 0.2) is 60.9 Å². The van der Waals surface area contributed by atoms with Crippen molar-refractivity contribution in [1.82, 2.24) is 9.97 Å². The number of hydrogen-bond acceptors (Lipinski definition) is 2. The number of nitrogens with one attached hydrogen (secondary N) is 2. The van der Waals surface area contributed by atoms with Crippen LogP contribution in [0.5, 0.6) is 0 Å². The number of fused-ring (bicyclic) bond motifs is 2. The Hall–Kier alpha value is -2.92. The van der Waals surface area contributed by atoms with Crippen molar-refractivity contribution < 1.29 is 39.3 Å². The molecule has 0 bridgehead atoms. The summed E-state index contributed by atoms with van der Waals surface area (Å²) in [4.78, 5) is 27.1. The summed E-state index contributed by atoms with van der Waals surface area (Å²) in [6.07, 6.45) is 3.64. The number of aromatic amines is 2. The molecule has 0 unspecified atom stereocenters. The molecule has 0 aliphatic carbocycles. The van der Waals surface area contributed by atoms with Crippen LogP contribution in [0.2, 0.25) is 0 Å². The van der Waals surface area contributed by atoms with Gasteiger partial charge >= 0.3 is 11.9 Å². The van der Waals surface area contributed by atoms with Gasteiger partial charge in [0.1, 0.15) is 0 Å². The SMILES string of the molecule is O=C(O)Cc1c[nH]c2ccccc12.O=C(O)Cc1c[nH]c2ccccc12.[Zn]. The first-order valence-electron chi connectivity index (χ1n) is 8.08. The van der Waals surface area contributed by atoms with Crippen molar-refractivity contribution in [2.75, 3.05) is 0 Å². The van der Waals surface area contributed by atoms with Crippen LogP contribution in [0.1, 0.15) is 11.1 Å². The Balaban J connectivity index is 0.000000187. The summed E-state index contributed by atoms with van der Waals surface area (Å²) in [7, 11) is 0. The van der Waals surface area contributed by atoms with E-state index in [1.54, 1.807) is 12.4 Å². The number of aliphatic carboxylic acids is 2. The van der Waals surface area contributed by atoms with Gasteiger partial charge in [-0.2, -0.15) is 0 Å².